The van der Waals surface area contributed by atoms with Gasteiger partial charge in [0.1, 0.15) is 0 Å². The lowest BCUT2D eigenvalue weighted by atomic mass is 9.94. The van der Waals surface area contributed by atoms with Gasteiger partial charge >= 0.3 is 5.97 Å². The Labute approximate surface area is 132 Å². The van der Waals surface area contributed by atoms with Crippen molar-refractivity contribution in [2.45, 2.75) is 96.8 Å². The zero-order valence-electron chi connectivity index (χ0n) is 14.1. The summed E-state index contributed by atoms with van der Waals surface area (Å²) in [6.45, 7) is 5.93. The van der Waals surface area contributed by atoms with Gasteiger partial charge in [-0.3, -0.25) is 4.79 Å². The van der Waals surface area contributed by atoms with E-state index in [-0.39, 0.29) is 5.92 Å². The van der Waals surface area contributed by atoms with Gasteiger partial charge in [0.25, 0.3) is 0 Å². The Hall–Kier alpha value is -0.790. The summed E-state index contributed by atoms with van der Waals surface area (Å²) in [5.41, 5.74) is 0. The largest absolute Gasteiger partial charge is 0.481 e. The van der Waals surface area contributed by atoms with E-state index in [0.29, 0.717) is 0 Å². The Morgan fingerprint density at radius 3 is 1.86 bits per heavy atom. The maximum Gasteiger partial charge on any atom is 0.306 e. The van der Waals surface area contributed by atoms with Crippen LogP contribution in [0, 0.1) is 5.92 Å². The summed E-state index contributed by atoms with van der Waals surface area (Å²) < 4.78 is 0. The number of carboxylic acids is 1. The van der Waals surface area contributed by atoms with Gasteiger partial charge in [0.05, 0.1) is 5.92 Å². The predicted molar refractivity (Wildman–Crippen MR) is 91.6 cm³/mol. The molecule has 0 heterocycles. The van der Waals surface area contributed by atoms with E-state index in [1.54, 1.807) is 0 Å². The van der Waals surface area contributed by atoms with E-state index < -0.39 is 5.97 Å². The van der Waals surface area contributed by atoms with Crippen LogP contribution >= 0.6 is 0 Å². The van der Waals surface area contributed by atoms with Gasteiger partial charge in [0.2, 0.25) is 0 Å². The molecule has 1 unspecified atom stereocenters. The summed E-state index contributed by atoms with van der Waals surface area (Å²) in [5.74, 6) is -0.691. The molecule has 0 aromatic rings. The summed E-state index contributed by atoms with van der Waals surface area (Å²) in [4.78, 5) is 11.2. The molecule has 0 saturated heterocycles. The minimum absolute atomic E-state index is 0.104. The van der Waals surface area contributed by atoms with Crippen LogP contribution in [0.2, 0.25) is 0 Å². The molecule has 0 fully saturated rings. The predicted octanol–water partition coefficient (Wildman–Crippen LogP) is 6.35. The van der Waals surface area contributed by atoms with Crippen LogP contribution in [-0.4, -0.2) is 11.1 Å². The van der Waals surface area contributed by atoms with Crippen LogP contribution in [-0.2, 0) is 4.79 Å². The number of aliphatic carboxylic acids is 1. The molecule has 0 aliphatic rings. The smallest absolute Gasteiger partial charge is 0.306 e. The molecule has 21 heavy (non-hydrogen) atoms. The Balaban J connectivity index is 3.52. The maximum absolute atomic E-state index is 11.2. The SMILES string of the molecule is C=CCCCCCCCCC(CCCCCCC)C(=O)O. The lowest BCUT2D eigenvalue weighted by Gasteiger charge is -2.12. The van der Waals surface area contributed by atoms with Crippen LogP contribution in [0.4, 0.5) is 0 Å². The standard InChI is InChI=1S/C19H36O2/c1-3-5-7-9-10-11-13-15-17-18(19(20)21)16-14-12-8-6-4-2/h3,18H,1,4-17H2,2H3,(H,20,21). The third-order valence-electron chi connectivity index (χ3n) is 4.22. The molecule has 2 heteroatoms. The van der Waals surface area contributed by atoms with Crippen molar-refractivity contribution in [2.24, 2.45) is 5.92 Å². The second kappa shape index (κ2) is 15.6. The van der Waals surface area contributed by atoms with Crippen LogP contribution in [0.1, 0.15) is 96.8 Å². The molecule has 0 saturated carbocycles. The van der Waals surface area contributed by atoms with E-state index >= 15 is 0 Å². The number of carbonyl (C=O) groups is 1. The summed E-state index contributed by atoms with van der Waals surface area (Å²) in [7, 11) is 0. The summed E-state index contributed by atoms with van der Waals surface area (Å²) in [6, 6.07) is 0. The van der Waals surface area contributed by atoms with Crippen molar-refractivity contribution in [2.75, 3.05) is 0 Å². The van der Waals surface area contributed by atoms with Gasteiger partial charge in [0, 0.05) is 0 Å². The van der Waals surface area contributed by atoms with E-state index in [2.05, 4.69) is 13.5 Å². The molecule has 0 radical (unpaired) electrons. The molecule has 0 bridgehead atoms. The van der Waals surface area contributed by atoms with Gasteiger partial charge in [0.15, 0.2) is 0 Å². The van der Waals surface area contributed by atoms with Crippen molar-refractivity contribution < 1.29 is 9.90 Å². The molecule has 124 valence electrons. The average molecular weight is 296 g/mol. The van der Waals surface area contributed by atoms with Crippen LogP contribution in [0.5, 0.6) is 0 Å². The Kier molecular flexibility index (Phi) is 15.0. The lowest BCUT2D eigenvalue weighted by molar-refractivity contribution is -0.142. The quantitative estimate of drug-likeness (QED) is 0.266. The molecule has 1 atom stereocenters. The minimum atomic E-state index is -0.587. The zero-order chi connectivity index (χ0) is 15.8. The highest BCUT2D eigenvalue weighted by Crippen LogP contribution is 2.19. The fraction of sp³-hybridized carbons (Fsp3) is 0.842. The Bertz CT molecular complexity index is 248. The van der Waals surface area contributed by atoms with Gasteiger partial charge in [-0.1, -0.05) is 77.2 Å². The first-order valence-corrected chi connectivity index (χ1v) is 9.06. The molecule has 0 aromatic carbocycles. The van der Waals surface area contributed by atoms with E-state index in [4.69, 9.17) is 0 Å². The van der Waals surface area contributed by atoms with Crippen molar-refractivity contribution >= 4 is 5.97 Å². The Morgan fingerprint density at radius 1 is 0.905 bits per heavy atom. The van der Waals surface area contributed by atoms with Crippen LogP contribution < -0.4 is 0 Å². The first-order chi connectivity index (χ1) is 10.2. The van der Waals surface area contributed by atoms with Crippen molar-refractivity contribution in [3.8, 4) is 0 Å². The second-order valence-corrected chi connectivity index (χ2v) is 6.23. The van der Waals surface area contributed by atoms with Crippen molar-refractivity contribution in [3.63, 3.8) is 0 Å². The topological polar surface area (TPSA) is 37.3 Å². The highest BCUT2D eigenvalue weighted by atomic mass is 16.4. The third kappa shape index (κ3) is 13.9. The number of hydrogen-bond acceptors (Lipinski definition) is 1. The molecule has 0 aliphatic carbocycles. The second-order valence-electron chi connectivity index (χ2n) is 6.23. The molecule has 1 N–H and O–H groups in total. The fourth-order valence-electron chi connectivity index (χ4n) is 2.77. The fourth-order valence-corrected chi connectivity index (χ4v) is 2.77. The van der Waals surface area contributed by atoms with Crippen LogP contribution in [0.15, 0.2) is 12.7 Å². The van der Waals surface area contributed by atoms with Crippen molar-refractivity contribution in [3.05, 3.63) is 12.7 Å². The highest BCUT2D eigenvalue weighted by molar-refractivity contribution is 5.69. The lowest BCUT2D eigenvalue weighted by Crippen LogP contribution is -2.13. The normalized spacial score (nSPS) is 12.2. The molecule has 0 spiro atoms. The van der Waals surface area contributed by atoms with Crippen molar-refractivity contribution in [1.82, 2.24) is 0 Å². The summed E-state index contributed by atoms with van der Waals surface area (Å²) in [6.07, 6.45) is 18.2. The monoisotopic (exact) mass is 296 g/mol. The molecule has 0 rings (SSSR count). The van der Waals surface area contributed by atoms with E-state index in [9.17, 15) is 9.90 Å². The van der Waals surface area contributed by atoms with Crippen molar-refractivity contribution in [1.29, 1.82) is 0 Å². The zero-order valence-corrected chi connectivity index (χ0v) is 14.1. The molecule has 0 aliphatic heterocycles. The minimum Gasteiger partial charge on any atom is -0.481 e. The van der Waals surface area contributed by atoms with Gasteiger partial charge in [-0.15, -0.1) is 6.58 Å². The van der Waals surface area contributed by atoms with Gasteiger partial charge in [-0.2, -0.15) is 0 Å². The Morgan fingerprint density at radius 2 is 1.38 bits per heavy atom. The van der Waals surface area contributed by atoms with Gasteiger partial charge in [-0.25, -0.2) is 0 Å². The molecule has 2 nitrogen and oxygen atoms in total. The average Bonchev–Trinajstić information content (AvgIpc) is 2.47. The number of rotatable bonds is 16. The highest BCUT2D eigenvalue weighted by Gasteiger charge is 2.16. The van der Waals surface area contributed by atoms with Gasteiger partial charge < -0.3 is 5.11 Å². The third-order valence-corrected chi connectivity index (χ3v) is 4.22. The van der Waals surface area contributed by atoms with E-state index in [0.717, 1.165) is 32.1 Å². The first-order valence-electron chi connectivity index (χ1n) is 9.06. The molecule has 0 aromatic heterocycles. The number of carboxylic acid groups (broad SMARTS) is 1. The first kappa shape index (κ1) is 20.2. The van der Waals surface area contributed by atoms with E-state index in [1.807, 2.05) is 6.08 Å². The summed E-state index contributed by atoms with van der Waals surface area (Å²) in [5, 5.41) is 9.27. The summed E-state index contributed by atoms with van der Waals surface area (Å²) >= 11 is 0. The number of hydrogen-bond donors (Lipinski definition) is 1. The maximum atomic E-state index is 11.2. The van der Waals surface area contributed by atoms with Gasteiger partial charge in [-0.05, 0) is 25.7 Å². The number of unbranched alkanes of at least 4 members (excludes halogenated alkanes) is 10. The van der Waals surface area contributed by atoms with E-state index in [1.165, 1.54) is 57.8 Å². The molecular formula is C19H36O2. The molecule has 0 amide bonds. The molecular weight excluding hydrogens is 260 g/mol. The van der Waals surface area contributed by atoms with Crippen LogP contribution in [0.25, 0.3) is 0 Å². The number of allylic oxidation sites excluding steroid dienone is 1. The van der Waals surface area contributed by atoms with Crippen LogP contribution in [0.3, 0.4) is 0 Å².